The first-order valence-corrected chi connectivity index (χ1v) is 6.49. The zero-order valence-electron chi connectivity index (χ0n) is 10.2. The molecule has 0 saturated carbocycles. The van der Waals surface area contributed by atoms with E-state index in [1.165, 1.54) is 0 Å². The molecule has 1 aromatic carbocycles. The molecule has 1 aliphatic heterocycles. The number of rotatable bonds is 3. The molecule has 1 amide bonds. The maximum atomic E-state index is 11.6. The smallest absolute Gasteiger partial charge is 0.220 e. The van der Waals surface area contributed by atoms with Crippen LogP contribution in [0.1, 0.15) is 38.2 Å². The molecule has 17 heavy (non-hydrogen) atoms. The van der Waals surface area contributed by atoms with Gasteiger partial charge in [0, 0.05) is 23.4 Å². The first-order chi connectivity index (χ1) is 8.08. The molecule has 2 nitrogen and oxygen atoms in total. The van der Waals surface area contributed by atoms with Crippen LogP contribution in [0.3, 0.4) is 0 Å². The molecule has 2 rings (SSSR count). The van der Waals surface area contributed by atoms with Crippen LogP contribution in [0.5, 0.6) is 0 Å². The first-order valence-electron chi connectivity index (χ1n) is 6.11. The van der Waals surface area contributed by atoms with E-state index in [2.05, 4.69) is 19.2 Å². The van der Waals surface area contributed by atoms with E-state index in [1.54, 1.807) is 0 Å². The maximum absolute atomic E-state index is 11.6. The van der Waals surface area contributed by atoms with Gasteiger partial charge in [-0.05, 0) is 24.0 Å². The minimum Gasteiger partial charge on any atom is -0.353 e. The predicted octanol–water partition coefficient (Wildman–Crippen LogP) is 3.36. The Hall–Kier alpha value is -1.02. The number of amides is 1. The zero-order valence-corrected chi connectivity index (χ0v) is 11.0. The highest BCUT2D eigenvalue weighted by Crippen LogP contribution is 2.35. The summed E-state index contributed by atoms with van der Waals surface area (Å²) in [6, 6.07) is 8.05. The minimum absolute atomic E-state index is 0.139. The molecular weight excluding hydrogens is 234 g/mol. The van der Waals surface area contributed by atoms with Crippen LogP contribution in [0.4, 0.5) is 0 Å². The summed E-state index contributed by atoms with van der Waals surface area (Å²) < 4.78 is 0. The van der Waals surface area contributed by atoms with Crippen molar-refractivity contribution in [2.24, 2.45) is 5.92 Å². The number of carbonyl (C=O) groups excluding carboxylic acids is 1. The molecular formula is C14H18ClNO. The van der Waals surface area contributed by atoms with Gasteiger partial charge in [-0.1, -0.05) is 43.6 Å². The molecule has 1 heterocycles. The van der Waals surface area contributed by atoms with E-state index in [0.29, 0.717) is 12.3 Å². The van der Waals surface area contributed by atoms with Crippen LogP contribution < -0.4 is 5.32 Å². The van der Waals surface area contributed by atoms with Gasteiger partial charge in [0.15, 0.2) is 0 Å². The molecule has 0 radical (unpaired) electrons. The highest BCUT2D eigenvalue weighted by atomic mass is 35.5. The van der Waals surface area contributed by atoms with E-state index in [0.717, 1.165) is 17.0 Å². The third-order valence-electron chi connectivity index (χ3n) is 3.27. The highest BCUT2D eigenvalue weighted by Gasteiger charge is 2.34. The van der Waals surface area contributed by atoms with E-state index in [4.69, 9.17) is 11.6 Å². The fourth-order valence-electron chi connectivity index (χ4n) is 2.54. The first kappa shape index (κ1) is 12.4. The molecule has 0 aliphatic carbocycles. The summed E-state index contributed by atoms with van der Waals surface area (Å²) in [5.74, 6) is 0.933. The molecule has 0 spiro atoms. The van der Waals surface area contributed by atoms with Crippen molar-refractivity contribution in [3.8, 4) is 0 Å². The highest BCUT2D eigenvalue weighted by molar-refractivity contribution is 6.31. The SMILES string of the molecule is CC(C)CC1NC(=O)CC1c1ccccc1Cl. The van der Waals surface area contributed by atoms with Crippen LogP contribution in [-0.2, 0) is 4.79 Å². The van der Waals surface area contributed by atoms with E-state index in [1.807, 2.05) is 24.3 Å². The van der Waals surface area contributed by atoms with Crippen molar-refractivity contribution in [2.75, 3.05) is 0 Å². The Morgan fingerprint density at radius 1 is 1.41 bits per heavy atom. The topological polar surface area (TPSA) is 29.1 Å². The monoisotopic (exact) mass is 251 g/mol. The fraction of sp³-hybridized carbons (Fsp3) is 0.500. The van der Waals surface area contributed by atoms with Crippen molar-refractivity contribution < 1.29 is 4.79 Å². The van der Waals surface area contributed by atoms with Crippen LogP contribution >= 0.6 is 11.6 Å². The minimum atomic E-state index is 0.139. The molecule has 1 aliphatic rings. The molecule has 1 aromatic rings. The van der Waals surface area contributed by atoms with Crippen molar-refractivity contribution in [2.45, 2.75) is 38.6 Å². The van der Waals surface area contributed by atoms with Crippen molar-refractivity contribution in [3.05, 3.63) is 34.9 Å². The predicted molar refractivity (Wildman–Crippen MR) is 70.2 cm³/mol. The Morgan fingerprint density at radius 3 is 2.76 bits per heavy atom. The van der Waals surface area contributed by atoms with Gasteiger partial charge in [0.1, 0.15) is 0 Å². The van der Waals surface area contributed by atoms with Crippen molar-refractivity contribution >= 4 is 17.5 Å². The van der Waals surface area contributed by atoms with Crippen molar-refractivity contribution in [1.29, 1.82) is 0 Å². The lowest BCUT2D eigenvalue weighted by Gasteiger charge is -2.21. The van der Waals surface area contributed by atoms with Crippen LogP contribution in [0.25, 0.3) is 0 Å². The molecule has 0 aromatic heterocycles. The molecule has 1 saturated heterocycles. The second-order valence-corrected chi connectivity index (χ2v) is 5.54. The second kappa shape index (κ2) is 5.09. The quantitative estimate of drug-likeness (QED) is 0.877. The lowest BCUT2D eigenvalue weighted by atomic mass is 9.87. The lowest BCUT2D eigenvalue weighted by molar-refractivity contribution is -0.119. The molecule has 2 unspecified atom stereocenters. The third kappa shape index (κ3) is 2.81. The van der Waals surface area contributed by atoms with Crippen LogP contribution in [-0.4, -0.2) is 11.9 Å². The lowest BCUT2D eigenvalue weighted by Crippen LogP contribution is -2.29. The summed E-state index contributed by atoms with van der Waals surface area (Å²) in [6.07, 6.45) is 1.56. The largest absolute Gasteiger partial charge is 0.353 e. The number of benzene rings is 1. The Bertz CT molecular complexity index is 416. The Labute approximate surface area is 107 Å². The van der Waals surface area contributed by atoms with Gasteiger partial charge in [-0.15, -0.1) is 0 Å². The number of hydrogen-bond donors (Lipinski definition) is 1. The maximum Gasteiger partial charge on any atom is 0.220 e. The van der Waals surface area contributed by atoms with E-state index in [-0.39, 0.29) is 17.9 Å². The fourth-order valence-corrected chi connectivity index (χ4v) is 2.82. The molecule has 1 fully saturated rings. The van der Waals surface area contributed by atoms with Gasteiger partial charge >= 0.3 is 0 Å². The number of halogens is 1. The van der Waals surface area contributed by atoms with Crippen LogP contribution in [0, 0.1) is 5.92 Å². The standard InChI is InChI=1S/C14H18ClNO/c1-9(2)7-13-11(8-14(17)16-13)10-5-3-4-6-12(10)15/h3-6,9,11,13H,7-8H2,1-2H3,(H,16,17). The van der Waals surface area contributed by atoms with Gasteiger partial charge in [-0.25, -0.2) is 0 Å². The molecule has 0 bridgehead atoms. The van der Waals surface area contributed by atoms with Crippen LogP contribution in [0.15, 0.2) is 24.3 Å². The van der Waals surface area contributed by atoms with Crippen molar-refractivity contribution in [3.63, 3.8) is 0 Å². The Balaban J connectivity index is 2.24. The van der Waals surface area contributed by atoms with Gasteiger partial charge in [-0.2, -0.15) is 0 Å². The molecule has 3 heteroatoms. The molecule has 1 N–H and O–H groups in total. The zero-order chi connectivity index (χ0) is 12.4. The van der Waals surface area contributed by atoms with Gasteiger partial charge in [0.2, 0.25) is 5.91 Å². The van der Waals surface area contributed by atoms with E-state index < -0.39 is 0 Å². The second-order valence-electron chi connectivity index (χ2n) is 5.14. The van der Waals surface area contributed by atoms with Gasteiger partial charge < -0.3 is 5.32 Å². The van der Waals surface area contributed by atoms with Gasteiger partial charge in [0.25, 0.3) is 0 Å². The van der Waals surface area contributed by atoms with E-state index >= 15 is 0 Å². The molecule has 92 valence electrons. The summed E-state index contributed by atoms with van der Waals surface area (Å²) in [4.78, 5) is 11.6. The average molecular weight is 252 g/mol. The summed E-state index contributed by atoms with van der Waals surface area (Å²) in [6.45, 7) is 4.35. The number of carbonyl (C=O) groups is 1. The van der Waals surface area contributed by atoms with E-state index in [9.17, 15) is 4.79 Å². The Kier molecular flexibility index (Phi) is 3.72. The molecule has 2 atom stereocenters. The summed E-state index contributed by atoms with van der Waals surface area (Å²) in [5, 5.41) is 3.83. The normalized spacial score (nSPS) is 24.1. The Morgan fingerprint density at radius 2 is 2.12 bits per heavy atom. The van der Waals surface area contributed by atoms with Crippen LogP contribution in [0.2, 0.25) is 5.02 Å². The van der Waals surface area contributed by atoms with Crippen molar-refractivity contribution in [1.82, 2.24) is 5.32 Å². The van der Waals surface area contributed by atoms with Gasteiger partial charge in [-0.3, -0.25) is 4.79 Å². The third-order valence-corrected chi connectivity index (χ3v) is 3.61. The number of nitrogens with one attached hydrogen (secondary N) is 1. The van der Waals surface area contributed by atoms with Gasteiger partial charge in [0.05, 0.1) is 0 Å². The summed E-state index contributed by atoms with van der Waals surface area (Å²) >= 11 is 6.21. The number of hydrogen-bond acceptors (Lipinski definition) is 1. The average Bonchev–Trinajstić information content (AvgIpc) is 2.59. The summed E-state index contributed by atoms with van der Waals surface area (Å²) in [7, 11) is 0. The summed E-state index contributed by atoms with van der Waals surface area (Å²) in [5.41, 5.74) is 1.10.